The number of hydrogen-bond acceptors (Lipinski definition) is 6. The number of hydrazine groups is 1. The lowest BCUT2D eigenvalue weighted by molar-refractivity contribution is -0.384. The van der Waals surface area contributed by atoms with Gasteiger partial charge in [-0.1, -0.05) is 29.8 Å². The maximum Gasteiger partial charge on any atom is 0.339 e. The van der Waals surface area contributed by atoms with Crippen molar-refractivity contribution < 1.29 is 24.0 Å². The first-order valence-electron chi connectivity index (χ1n) is 7.59. The molecule has 0 aromatic heterocycles. The number of ether oxygens (including phenoxy) is 1. The largest absolute Gasteiger partial charge is 0.449 e. The molecule has 140 valence electrons. The van der Waals surface area contributed by atoms with Crippen molar-refractivity contribution in [2.24, 2.45) is 0 Å². The molecule has 2 N–H and O–H groups in total. The average molecular weight is 392 g/mol. The third-order valence-corrected chi connectivity index (χ3v) is 3.69. The summed E-state index contributed by atoms with van der Waals surface area (Å²) in [6.07, 6.45) is -1.26. The predicted molar refractivity (Wildman–Crippen MR) is 95.0 cm³/mol. The summed E-state index contributed by atoms with van der Waals surface area (Å²) in [6, 6.07) is 11.5. The smallest absolute Gasteiger partial charge is 0.339 e. The molecule has 0 unspecified atom stereocenters. The first kappa shape index (κ1) is 19.9. The second-order valence-electron chi connectivity index (χ2n) is 5.28. The number of benzene rings is 2. The van der Waals surface area contributed by atoms with E-state index in [-0.39, 0.29) is 10.6 Å². The van der Waals surface area contributed by atoms with Crippen LogP contribution >= 0.6 is 11.6 Å². The van der Waals surface area contributed by atoms with Gasteiger partial charge in [-0.05, 0) is 31.2 Å². The number of carbonyl (C=O) groups is 3. The Morgan fingerprint density at radius 2 is 1.74 bits per heavy atom. The van der Waals surface area contributed by atoms with Gasteiger partial charge in [-0.3, -0.25) is 30.6 Å². The van der Waals surface area contributed by atoms with Gasteiger partial charge in [-0.2, -0.15) is 0 Å². The lowest BCUT2D eigenvalue weighted by atomic mass is 10.2. The van der Waals surface area contributed by atoms with Crippen LogP contribution in [0.5, 0.6) is 0 Å². The molecule has 0 spiro atoms. The Balaban J connectivity index is 1.94. The Bertz CT molecular complexity index is 887. The first-order chi connectivity index (χ1) is 12.8. The van der Waals surface area contributed by atoms with Crippen molar-refractivity contribution >= 4 is 35.1 Å². The van der Waals surface area contributed by atoms with Crippen molar-refractivity contribution in [3.05, 3.63) is 74.8 Å². The Morgan fingerprint density at radius 1 is 1.07 bits per heavy atom. The summed E-state index contributed by atoms with van der Waals surface area (Å²) >= 11 is 5.68. The molecule has 10 heteroatoms. The standard InChI is InChI=1S/C17H14ClN3O6/c1-10(15(22)19-20-16(23)11-5-3-2-4-6-11)27-17(24)12-7-8-13(18)14(9-12)21(25)26/h2-10H,1H3,(H,19,22)(H,20,23)/t10-/m0/s1. The summed E-state index contributed by atoms with van der Waals surface area (Å²) in [4.78, 5) is 45.9. The highest BCUT2D eigenvalue weighted by atomic mass is 35.5. The van der Waals surface area contributed by atoms with E-state index in [9.17, 15) is 24.5 Å². The van der Waals surface area contributed by atoms with E-state index in [4.69, 9.17) is 16.3 Å². The van der Waals surface area contributed by atoms with Crippen LogP contribution in [0, 0.1) is 10.1 Å². The number of esters is 1. The molecule has 0 aliphatic heterocycles. The first-order valence-corrected chi connectivity index (χ1v) is 7.97. The van der Waals surface area contributed by atoms with Gasteiger partial charge in [0.15, 0.2) is 6.10 Å². The zero-order valence-corrected chi connectivity index (χ0v) is 14.7. The second kappa shape index (κ2) is 8.77. The van der Waals surface area contributed by atoms with Gasteiger partial charge in [0, 0.05) is 11.6 Å². The van der Waals surface area contributed by atoms with E-state index in [1.165, 1.54) is 19.1 Å². The molecule has 2 rings (SSSR count). The molecule has 0 saturated heterocycles. The number of hydrogen-bond donors (Lipinski definition) is 2. The molecule has 2 aromatic rings. The van der Waals surface area contributed by atoms with Crippen molar-refractivity contribution in [2.75, 3.05) is 0 Å². The summed E-state index contributed by atoms with van der Waals surface area (Å²) < 4.78 is 4.94. The molecular formula is C17H14ClN3O6. The fourth-order valence-corrected chi connectivity index (χ4v) is 2.13. The van der Waals surface area contributed by atoms with Crippen LogP contribution in [0.15, 0.2) is 48.5 Å². The van der Waals surface area contributed by atoms with Crippen LogP contribution in [0.25, 0.3) is 0 Å². The lowest BCUT2D eigenvalue weighted by Gasteiger charge is -2.14. The number of amides is 2. The van der Waals surface area contributed by atoms with Crippen molar-refractivity contribution in [3.63, 3.8) is 0 Å². The highest BCUT2D eigenvalue weighted by molar-refractivity contribution is 6.32. The highest BCUT2D eigenvalue weighted by Gasteiger charge is 2.22. The van der Waals surface area contributed by atoms with Crippen molar-refractivity contribution in [1.82, 2.24) is 10.9 Å². The molecule has 0 aliphatic carbocycles. The topological polar surface area (TPSA) is 128 Å². The van der Waals surface area contributed by atoms with Gasteiger partial charge >= 0.3 is 5.97 Å². The average Bonchev–Trinajstić information content (AvgIpc) is 2.66. The fourth-order valence-electron chi connectivity index (χ4n) is 1.94. The second-order valence-corrected chi connectivity index (χ2v) is 5.69. The Labute approximate surface area is 158 Å². The van der Waals surface area contributed by atoms with Gasteiger partial charge in [0.2, 0.25) is 0 Å². The summed E-state index contributed by atoms with van der Waals surface area (Å²) in [6.45, 7) is 1.28. The molecule has 0 aliphatic rings. The molecule has 27 heavy (non-hydrogen) atoms. The van der Waals surface area contributed by atoms with E-state index in [1.54, 1.807) is 30.3 Å². The van der Waals surface area contributed by atoms with E-state index in [2.05, 4.69) is 10.9 Å². The molecule has 2 amide bonds. The minimum Gasteiger partial charge on any atom is -0.449 e. The van der Waals surface area contributed by atoms with Crippen LogP contribution in [0.2, 0.25) is 5.02 Å². The van der Waals surface area contributed by atoms with E-state index in [0.29, 0.717) is 5.56 Å². The number of rotatable bonds is 5. The third kappa shape index (κ3) is 5.25. The SMILES string of the molecule is C[C@H](OC(=O)c1ccc(Cl)c([N+](=O)[O-])c1)C(=O)NNC(=O)c1ccccc1. The Hall–Kier alpha value is -3.46. The van der Waals surface area contributed by atoms with E-state index >= 15 is 0 Å². The normalized spacial score (nSPS) is 11.2. The summed E-state index contributed by atoms with van der Waals surface area (Å²) in [5.74, 6) is -2.28. The summed E-state index contributed by atoms with van der Waals surface area (Å²) in [5, 5.41) is 10.7. The molecule has 0 fully saturated rings. The van der Waals surface area contributed by atoms with Gasteiger partial charge in [-0.25, -0.2) is 4.79 Å². The van der Waals surface area contributed by atoms with Crippen molar-refractivity contribution in [3.8, 4) is 0 Å². The number of nitrogens with zero attached hydrogens (tertiary/aromatic N) is 1. The monoisotopic (exact) mass is 391 g/mol. The Kier molecular flexibility index (Phi) is 6.45. The third-order valence-electron chi connectivity index (χ3n) is 3.37. The van der Waals surface area contributed by atoms with E-state index in [0.717, 1.165) is 6.07 Å². The van der Waals surface area contributed by atoms with Gasteiger partial charge in [-0.15, -0.1) is 0 Å². The number of nitrogens with one attached hydrogen (secondary N) is 2. The fraction of sp³-hybridized carbons (Fsp3) is 0.118. The van der Waals surface area contributed by atoms with E-state index in [1.807, 2.05) is 0 Å². The zero-order chi connectivity index (χ0) is 20.0. The molecule has 0 heterocycles. The number of halogens is 1. The number of carbonyl (C=O) groups excluding carboxylic acids is 3. The zero-order valence-electron chi connectivity index (χ0n) is 14.0. The van der Waals surface area contributed by atoms with Crippen LogP contribution in [-0.2, 0) is 9.53 Å². The summed E-state index contributed by atoms with van der Waals surface area (Å²) in [5.41, 5.74) is 4.05. The molecular weight excluding hydrogens is 378 g/mol. The van der Waals surface area contributed by atoms with Crippen LogP contribution in [0.1, 0.15) is 27.6 Å². The maximum atomic E-state index is 12.1. The minimum absolute atomic E-state index is 0.133. The molecule has 2 aromatic carbocycles. The lowest BCUT2D eigenvalue weighted by Crippen LogP contribution is -2.46. The predicted octanol–water partition coefficient (Wildman–Crippen LogP) is 2.25. The van der Waals surface area contributed by atoms with Crippen LogP contribution in [-0.4, -0.2) is 28.8 Å². The maximum absolute atomic E-state index is 12.1. The van der Waals surface area contributed by atoms with Gasteiger partial charge in [0.05, 0.1) is 10.5 Å². The van der Waals surface area contributed by atoms with Crippen molar-refractivity contribution in [1.29, 1.82) is 0 Å². The van der Waals surface area contributed by atoms with Crippen molar-refractivity contribution in [2.45, 2.75) is 13.0 Å². The Morgan fingerprint density at radius 3 is 2.37 bits per heavy atom. The number of nitro benzene ring substituents is 1. The molecule has 0 saturated carbocycles. The molecule has 9 nitrogen and oxygen atoms in total. The molecule has 1 atom stereocenters. The van der Waals surface area contributed by atoms with Crippen LogP contribution in [0.3, 0.4) is 0 Å². The summed E-state index contributed by atoms with van der Waals surface area (Å²) in [7, 11) is 0. The van der Waals surface area contributed by atoms with Crippen LogP contribution < -0.4 is 10.9 Å². The van der Waals surface area contributed by atoms with Gasteiger partial charge in [0.1, 0.15) is 5.02 Å². The van der Waals surface area contributed by atoms with Gasteiger partial charge in [0.25, 0.3) is 17.5 Å². The van der Waals surface area contributed by atoms with E-state index < -0.39 is 34.5 Å². The highest BCUT2D eigenvalue weighted by Crippen LogP contribution is 2.25. The van der Waals surface area contributed by atoms with Gasteiger partial charge < -0.3 is 4.74 Å². The molecule has 0 radical (unpaired) electrons. The quantitative estimate of drug-likeness (QED) is 0.457. The minimum atomic E-state index is -1.26. The van der Waals surface area contributed by atoms with Crippen LogP contribution in [0.4, 0.5) is 5.69 Å². The molecule has 0 bridgehead atoms. The number of nitro groups is 1.